The van der Waals surface area contributed by atoms with E-state index in [1.165, 1.54) is 0 Å². The Morgan fingerprint density at radius 2 is 1.81 bits per heavy atom. The second kappa shape index (κ2) is 7.32. The van der Waals surface area contributed by atoms with Gasteiger partial charge in [-0.3, -0.25) is 0 Å². The summed E-state index contributed by atoms with van der Waals surface area (Å²) in [4.78, 5) is 18.7. The van der Waals surface area contributed by atoms with Crippen molar-refractivity contribution in [1.82, 2.24) is 4.98 Å². The number of benzene rings is 2. The fourth-order valence-electron chi connectivity index (χ4n) is 2.93. The van der Waals surface area contributed by atoms with Crippen molar-refractivity contribution in [3.05, 3.63) is 70.4 Å². The van der Waals surface area contributed by atoms with Gasteiger partial charge in [-0.2, -0.15) is 0 Å². The second-order valence-electron chi connectivity index (χ2n) is 6.01. The second-order valence-corrected chi connectivity index (χ2v) is 6.41. The Hall–Kier alpha value is -2.63. The zero-order valence-electron chi connectivity index (χ0n) is 14.0. The summed E-state index contributed by atoms with van der Waals surface area (Å²) in [6.45, 7) is 3.28. The molecule has 132 valence electrons. The lowest BCUT2D eigenvalue weighted by molar-refractivity contribution is 0.122. The Morgan fingerprint density at radius 3 is 2.58 bits per heavy atom. The molecule has 0 N–H and O–H groups in total. The molecule has 5 nitrogen and oxygen atoms in total. The third-order valence-electron chi connectivity index (χ3n) is 4.30. The predicted octanol–water partition coefficient (Wildman–Crippen LogP) is 3.76. The number of hydrogen-bond donors (Lipinski definition) is 0. The van der Waals surface area contributed by atoms with Crippen molar-refractivity contribution < 1.29 is 9.15 Å². The first-order valence-corrected chi connectivity index (χ1v) is 8.79. The van der Waals surface area contributed by atoms with Crippen LogP contribution in [-0.2, 0) is 4.74 Å². The van der Waals surface area contributed by atoms with Crippen molar-refractivity contribution in [2.24, 2.45) is 0 Å². The topological polar surface area (TPSA) is 55.6 Å². The average molecular weight is 369 g/mol. The van der Waals surface area contributed by atoms with Gasteiger partial charge in [-0.1, -0.05) is 35.9 Å². The van der Waals surface area contributed by atoms with E-state index in [1.54, 1.807) is 24.3 Å². The summed E-state index contributed by atoms with van der Waals surface area (Å²) >= 11 is 6.34. The van der Waals surface area contributed by atoms with Gasteiger partial charge in [-0.15, -0.1) is 0 Å². The number of aromatic nitrogens is 1. The van der Waals surface area contributed by atoms with Crippen LogP contribution in [0.4, 0.5) is 5.69 Å². The van der Waals surface area contributed by atoms with E-state index in [1.807, 2.05) is 30.3 Å². The maximum atomic E-state index is 12.1. The summed E-state index contributed by atoms with van der Waals surface area (Å²) < 4.78 is 10.6. The summed E-state index contributed by atoms with van der Waals surface area (Å²) in [5, 5.41) is 0.725. The molecule has 1 fully saturated rings. The van der Waals surface area contributed by atoms with Crippen molar-refractivity contribution in [3.8, 4) is 0 Å². The first-order chi connectivity index (χ1) is 12.7. The van der Waals surface area contributed by atoms with Gasteiger partial charge in [0.25, 0.3) is 0 Å². The lowest BCUT2D eigenvalue weighted by Crippen LogP contribution is -2.36. The minimum Gasteiger partial charge on any atom is -0.402 e. The van der Waals surface area contributed by atoms with Crippen LogP contribution in [0.25, 0.3) is 22.0 Å². The quantitative estimate of drug-likeness (QED) is 0.704. The molecule has 4 rings (SSSR count). The molecule has 0 aliphatic carbocycles. The Morgan fingerprint density at radius 1 is 1.08 bits per heavy atom. The summed E-state index contributed by atoms with van der Waals surface area (Å²) in [7, 11) is 0. The molecule has 6 heteroatoms. The minimum absolute atomic E-state index is 0.118. The van der Waals surface area contributed by atoms with Gasteiger partial charge < -0.3 is 14.1 Å². The molecule has 1 aromatic heterocycles. The zero-order valence-corrected chi connectivity index (χ0v) is 14.8. The highest BCUT2D eigenvalue weighted by atomic mass is 35.5. The van der Waals surface area contributed by atoms with Gasteiger partial charge in [0.2, 0.25) is 5.89 Å². The number of halogens is 1. The van der Waals surface area contributed by atoms with Crippen LogP contribution in [-0.4, -0.2) is 31.3 Å². The summed E-state index contributed by atoms with van der Waals surface area (Å²) in [6, 6.07) is 15.1. The molecule has 1 aliphatic rings. The van der Waals surface area contributed by atoms with Crippen LogP contribution in [0, 0.1) is 0 Å². The van der Waals surface area contributed by atoms with E-state index < -0.39 is 5.63 Å². The van der Waals surface area contributed by atoms with E-state index in [9.17, 15) is 4.79 Å². The van der Waals surface area contributed by atoms with Gasteiger partial charge in [0.15, 0.2) is 0 Å². The highest BCUT2D eigenvalue weighted by molar-refractivity contribution is 6.50. The van der Waals surface area contributed by atoms with E-state index in [2.05, 4.69) is 9.88 Å². The number of para-hydroxylation sites is 1. The Balaban J connectivity index is 1.60. The van der Waals surface area contributed by atoms with Gasteiger partial charge >= 0.3 is 5.63 Å². The highest BCUT2D eigenvalue weighted by Gasteiger charge is 2.11. The van der Waals surface area contributed by atoms with E-state index in [0.717, 1.165) is 37.6 Å². The Bertz CT molecular complexity index is 1010. The standard InChI is InChI=1S/C20H17ClN2O3/c21-17(19-22-18-4-2-1-3-16(18)20(24)26-19)13-14-5-7-15(8-6-14)23-9-11-25-12-10-23/h1-8,13H,9-12H2/b17-13-. The molecule has 3 aromatic rings. The van der Waals surface area contributed by atoms with Gasteiger partial charge in [0.1, 0.15) is 5.03 Å². The number of morpholine rings is 1. The van der Waals surface area contributed by atoms with Crippen molar-refractivity contribution >= 4 is 39.3 Å². The molecule has 2 heterocycles. The molecule has 2 aromatic carbocycles. The van der Waals surface area contributed by atoms with Crippen molar-refractivity contribution in [2.75, 3.05) is 31.2 Å². The fraction of sp³-hybridized carbons (Fsp3) is 0.200. The van der Waals surface area contributed by atoms with Gasteiger partial charge in [0.05, 0.1) is 24.1 Å². The smallest absolute Gasteiger partial charge is 0.347 e. The summed E-state index contributed by atoms with van der Waals surface area (Å²) in [6.07, 6.45) is 1.74. The number of hydrogen-bond acceptors (Lipinski definition) is 5. The van der Waals surface area contributed by atoms with E-state index in [-0.39, 0.29) is 10.9 Å². The number of rotatable bonds is 3. The van der Waals surface area contributed by atoms with Crippen molar-refractivity contribution in [1.29, 1.82) is 0 Å². The fourth-order valence-corrected chi connectivity index (χ4v) is 3.14. The van der Waals surface area contributed by atoms with Crippen LogP contribution < -0.4 is 10.5 Å². The maximum Gasteiger partial charge on any atom is 0.347 e. The van der Waals surface area contributed by atoms with Gasteiger partial charge in [-0.05, 0) is 35.9 Å². The van der Waals surface area contributed by atoms with Crippen LogP contribution in [0.5, 0.6) is 0 Å². The molecule has 0 radical (unpaired) electrons. The molecule has 0 unspecified atom stereocenters. The number of ether oxygens (including phenoxy) is 1. The Kier molecular flexibility index (Phi) is 4.73. The lowest BCUT2D eigenvalue weighted by atomic mass is 10.1. The molecular weight excluding hydrogens is 352 g/mol. The maximum absolute atomic E-state index is 12.1. The van der Waals surface area contributed by atoms with Crippen LogP contribution in [0.3, 0.4) is 0 Å². The molecule has 26 heavy (non-hydrogen) atoms. The number of anilines is 1. The predicted molar refractivity (Wildman–Crippen MR) is 103 cm³/mol. The van der Waals surface area contributed by atoms with Gasteiger partial charge in [0, 0.05) is 18.8 Å². The van der Waals surface area contributed by atoms with Crippen molar-refractivity contribution in [2.45, 2.75) is 0 Å². The van der Waals surface area contributed by atoms with Crippen LogP contribution in [0.2, 0.25) is 0 Å². The number of fused-ring (bicyclic) bond motifs is 1. The van der Waals surface area contributed by atoms with E-state index in [0.29, 0.717) is 10.9 Å². The largest absolute Gasteiger partial charge is 0.402 e. The Labute approximate surface area is 155 Å². The zero-order chi connectivity index (χ0) is 17.9. The van der Waals surface area contributed by atoms with E-state index in [4.69, 9.17) is 20.8 Å². The van der Waals surface area contributed by atoms with Crippen LogP contribution >= 0.6 is 11.6 Å². The molecular formula is C20H17ClN2O3. The molecule has 0 amide bonds. The minimum atomic E-state index is -0.445. The van der Waals surface area contributed by atoms with E-state index >= 15 is 0 Å². The first-order valence-electron chi connectivity index (χ1n) is 8.41. The molecule has 1 saturated heterocycles. The third-order valence-corrected chi connectivity index (χ3v) is 4.57. The molecule has 0 atom stereocenters. The summed E-state index contributed by atoms with van der Waals surface area (Å²) in [5.41, 5.74) is 2.18. The summed E-state index contributed by atoms with van der Waals surface area (Å²) in [5.74, 6) is 0.118. The number of nitrogens with zero attached hydrogens (tertiary/aromatic N) is 2. The van der Waals surface area contributed by atoms with Crippen LogP contribution in [0.15, 0.2) is 57.7 Å². The third kappa shape index (κ3) is 3.49. The molecule has 0 spiro atoms. The normalized spacial score (nSPS) is 15.4. The highest BCUT2D eigenvalue weighted by Crippen LogP contribution is 2.23. The SMILES string of the molecule is O=c1oc(/C(Cl)=C/c2ccc(N3CCOCC3)cc2)nc2ccccc12. The van der Waals surface area contributed by atoms with Crippen LogP contribution in [0.1, 0.15) is 11.5 Å². The molecule has 0 bridgehead atoms. The van der Waals surface area contributed by atoms with Crippen molar-refractivity contribution in [3.63, 3.8) is 0 Å². The first kappa shape index (κ1) is 16.8. The molecule has 0 saturated carbocycles. The monoisotopic (exact) mass is 368 g/mol. The van der Waals surface area contributed by atoms with Gasteiger partial charge in [-0.25, -0.2) is 9.78 Å². The molecule has 1 aliphatic heterocycles. The lowest BCUT2D eigenvalue weighted by Gasteiger charge is -2.28. The average Bonchev–Trinajstić information content (AvgIpc) is 2.69.